The maximum atomic E-state index is 12.7. The summed E-state index contributed by atoms with van der Waals surface area (Å²) in [6.07, 6.45) is -0.584. The Kier molecular flexibility index (Phi) is 17.7. The summed E-state index contributed by atoms with van der Waals surface area (Å²) < 4.78 is 77.7. The van der Waals surface area contributed by atoms with Crippen LogP contribution in [0.25, 0.3) is 22.1 Å². The van der Waals surface area contributed by atoms with Crippen LogP contribution in [0, 0.1) is 13.8 Å². The van der Waals surface area contributed by atoms with E-state index in [0.717, 1.165) is 40.0 Å². The first-order valence-electron chi connectivity index (χ1n) is 15.4. The van der Waals surface area contributed by atoms with E-state index in [1.807, 2.05) is 55.5 Å². The number of methoxy groups -OCH3 is 1. The van der Waals surface area contributed by atoms with Crippen molar-refractivity contribution in [1.82, 2.24) is 29.9 Å². The van der Waals surface area contributed by atoms with Crippen LogP contribution in [0.5, 0.6) is 11.5 Å². The fourth-order valence-corrected chi connectivity index (χ4v) is 6.93. The third-order valence-electron chi connectivity index (χ3n) is 7.36. The number of rotatable bonds is 13. The monoisotopic (exact) mass is 776 g/mol. The van der Waals surface area contributed by atoms with E-state index in [0.29, 0.717) is 46.1 Å². The van der Waals surface area contributed by atoms with E-state index < -0.39 is 35.1 Å². The summed E-state index contributed by atoms with van der Waals surface area (Å²) in [5, 5.41) is 0.762. The van der Waals surface area contributed by atoms with Gasteiger partial charge in [0, 0.05) is 66.0 Å². The number of hydrogen-bond donors (Lipinski definition) is 2. The van der Waals surface area contributed by atoms with Crippen molar-refractivity contribution in [2.45, 2.75) is 48.3 Å². The molecule has 0 saturated carbocycles. The molecule has 6 rings (SSSR count). The first-order chi connectivity index (χ1) is 24.0. The fourth-order valence-electron chi connectivity index (χ4n) is 4.73. The normalized spacial score (nSPS) is 12.3. The van der Waals surface area contributed by atoms with E-state index in [9.17, 15) is 22.3 Å². The van der Waals surface area contributed by atoms with Crippen molar-refractivity contribution in [3.05, 3.63) is 95.6 Å². The van der Waals surface area contributed by atoms with Gasteiger partial charge in [-0.05, 0) is 50.2 Å². The molecular formula is C34H37F3N6Na2O5S2. The van der Waals surface area contributed by atoms with Crippen LogP contribution < -0.4 is 9.47 Å². The van der Waals surface area contributed by atoms with E-state index >= 15 is 0 Å². The first kappa shape index (κ1) is 44.0. The summed E-state index contributed by atoms with van der Waals surface area (Å²) in [6.45, 7) is 3.37. The predicted octanol–water partition coefficient (Wildman–Crippen LogP) is 5.21. The summed E-state index contributed by atoms with van der Waals surface area (Å²) in [7, 11) is 1.67. The van der Waals surface area contributed by atoms with Gasteiger partial charge in [0.25, 0.3) is 0 Å². The van der Waals surface area contributed by atoms with Gasteiger partial charge in [-0.3, -0.25) is 19.9 Å². The summed E-state index contributed by atoms with van der Waals surface area (Å²) in [4.78, 5) is 23.2. The van der Waals surface area contributed by atoms with E-state index in [1.54, 1.807) is 26.3 Å². The van der Waals surface area contributed by atoms with Crippen molar-refractivity contribution in [1.29, 1.82) is 0 Å². The predicted molar refractivity (Wildman–Crippen MR) is 198 cm³/mol. The number of benzene rings is 2. The number of nitrogens with one attached hydrogen (secondary N) is 2. The molecule has 0 aliphatic carbocycles. The summed E-state index contributed by atoms with van der Waals surface area (Å²) in [5.74, 6) is 1.15. The van der Waals surface area contributed by atoms with Crippen molar-refractivity contribution in [2.75, 3.05) is 26.9 Å². The zero-order valence-corrected chi connectivity index (χ0v) is 29.1. The molecule has 6 aromatic rings. The molecule has 18 heteroatoms. The Morgan fingerprint density at radius 2 is 1.15 bits per heavy atom. The number of alkyl halides is 3. The number of hydrogen-bond acceptors (Lipinski definition) is 9. The van der Waals surface area contributed by atoms with Crippen LogP contribution in [0.1, 0.15) is 28.9 Å². The van der Waals surface area contributed by atoms with Crippen molar-refractivity contribution in [2.24, 2.45) is 0 Å². The number of pyridine rings is 2. The Balaban J connectivity index is 0.000000270. The number of ether oxygens (including phenoxy) is 3. The molecule has 0 radical (unpaired) electrons. The standard InChI is InChI=1S/C18H21N3O3S.C16H14F3N3O2S.2Na.2H/c1-13-16(19-9-8-17(13)24-11-5-10-23-2)12-25(22)18-20-14-6-3-4-7-15(14)21-18;1-10-13(20-7-6-14(10)24-9-16(17,18)19)8-25(23)15-21-11-4-2-3-5-12(11)22-15;;;;/h3-4,6-9H,5,10-12H2,1-2H3,(H,20,21);2-7H,8-9H2,1H3,(H,21,22);;;;. The van der Waals surface area contributed by atoms with E-state index in [4.69, 9.17) is 14.2 Å². The molecular weight excluding hydrogens is 740 g/mol. The van der Waals surface area contributed by atoms with Gasteiger partial charge < -0.3 is 23.3 Å². The molecule has 0 bridgehead atoms. The second-order valence-electron chi connectivity index (χ2n) is 11.0. The van der Waals surface area contributed by atoms with E-state index in [-0.39, 0.29) is 70.6 Å². The van der Waals surface area contributed by atoms with Gasteiger partial charge in [0.2, 0.25) is 0 Å². The van der Waals surface area contributed by atoms with Gasteiger partial charge in [-0.1, -0.05) is 24.3 Å². The first-order valence-corrected chi connectivity index (χ1v) is 18.0. The van der Waals surface area contributed by atoms with Gasteiger partial charge in [0.15, 0.2) is 18.1 Å². The molecule has 52 heavy (non-hydrogen) atoms. The molecule has 11 nitrogen and oxygen atoms in total. The number of halogens is 3. The third-order valence-corrected chi connectivity index (χ3v) is 9.68. The summed E-state index contributed by atoms with van der Waals surface area (Å²) in [5.41, 5.74) is 5.63. The van der Waals surface area contributed by atoms with Crippen LogP contribution in [0.3, 0.4) is 0 Å². The van der Waals surface area contributed by atoms with Gasteiger partial charge in [-0.2, -0.15) is 23.1 Å². The van der Waals surface area contributed by atoms with Gasteiger partial charge in [0.1, 0.15) is 11.5 Å². The average molecular weight is 777 g/mol. The van der Waals surface area contributed by atoms with Crippen molar-refractivity contribution in [3.63, 3.8) is 0 Å². The fraction of sp³-hybridized carbons (Fsp3) is 0.294. The second-order valence-corrected chi connectivity index (χ2v) is 13.7. The molecule has 0 aliphatic rings. The quantitative estimate of drug-likeness (QED) is 0.0914. The average Bonchev–Trinajstić information content (AvgIpc) is 3.74. The molecule has 4 heterocycles. The van der Waals surface area contributed by atoms with Crippen LogP contribution in [-0.4, -0.2) is 131 Å². The maximum absolute atomic E-state index is 12.7. The Morgan fingerprint density at radius 3 is 1.60 bits per heavy atom. The molecule has 268 valence electrons. The number of nitrogens with zero attached hydrogens (tertiary/aromatic N) is 4. The second kappa shape index (κ2) is 20.9. The van der Waals surface area contributed by atoms with Crippen LogP contribution >= 0.6 is 0 Å². The number of para-hydroxylation sites is 4. The molecule has 2 atom stereocenters. The molecule has 0 amide bonds. The molecule has 4 aromatic heterocycles. The number of imidazole rings is 2. The molecule has 2 N–H and O–H groups in total. The minimum atomic E-state index is -4.42. The van der Waals surface area contributed by atoms with Crippen molar-refractivity contribution in [3.8, 4) is 11.5 Å². The Morgan fingerprint density at radius 1 is 0.692 bits per heavy atom. The third kappa shape index (κ3) is 12.3. The number of fused-ring (bicyclic) bond motifs is 2. The Labute approximate surface area is 349 Å². The minimum absolute atomic E-state index is 0. The van der Waals surface area contributed by atoms with Crippen molar-refractivity contribution < 1.29 is 36.5 Å². The van der Waals surface area contributed by atoms with Gasteiger partial charge in [-0.25, -0.2) is 0 Å². The number of H-pyrrole nitrogens is 2. The van der Waals surface area contributed by atoms with Crippen LogP contribution in [-0.2, 0) is 38.6 Å². The zero-order chi connectivity index (χ0) is 35.7. The van der Waals surface area contributed by atoms with Gasteiger partial charge in [0.05, 0.1) is 40.1 Å². The van der Waals surface area contributed by atoms with Gasteiger partial charge in [-0.15, -0.1) is 0 Å². The molecule has 0 saturated heterocycles. The SMILES string of the molecule is COCCCOc1ccnc(C[S+]([O-])c2nc3ccccc3[nH]2)c1C.Cc1c(OCC(F)(F)F)ccnc1C[S+]([O-])c1nc2ccccc2[nH]1.[NaH].[NaH]. The molecule has 0 fully saturated rings. The van der Waals surface area contributed by atoms with Crippen molar-refractivity contribution >= 4 is 104 Å². The molecule has 0 spiro atoms. The Hall–Kier alpha value is -2.35. The topological polar surface area (TPSA) is 157 Å². The molecule has 2 aromatic carbocycles. The van der Waals surface area contributed by atoms with E-state index in [1.165, 1.54) is 12.3 Å². The van der Waals surface area contributed by atoms with E-state index in [2.05, 4.69) is 29.9 Å². The van der Waals surface area contributed by atoms with Gasteiger partial charge >= 0.3 is 75.6 Å². The van der Waals surface area contributed by atoms with Crippen LogP contribution in [0.2, 0.25) is 0 Å². The summed E-state index contributed by atoms with van der Waals surface area (Å²) in [6, 6.07) is 18.1. The molecule has 2 unspecified atom stereocenters. The summed E-state index contributed by atoms with van der Waals surface area (Å²) >= 11 is -2.81. The number of aromatic nitrogens is 6. The van der Waals surface area contributed by atoms with Crippen LogP contribution in [0.15, 0.2) is 83.4 Å². The Bertz CT molecular complexity index is 1950. The zero-order valence-electron chi connectivity index (χ0n) is 27.5. The molecule has 0 aliphatic heterocycles. The van der Waals surface area contributed by atoms with Crippen LogP contribution in [0.4, 0.5) is 13.2 Å². The number of aromatic amines is 2.